The second kappa shape index (κ2) is 6.34. The predicted molar refractivity (Wildman–Crippen MR) is 91.2 cm³/mol. The number of hydrogen-bond acceptors (Lipinski definition) is 7. The summed E-state index contributed by atoms with van der Waals surface area (Å²) in [5.74, 6) is 1.26. The van der Waals surface area contributed by atoms with Crippen molar-refractivity contribution in [2.75, 3.05) is 25.2 Å². The molecule has 7 nitrogen and oxygen atoms in total. The van der Waals surface area contributed by atoms with Crippen LogP contribution in [-0.4, -0.2) is 47.3 Å². The van der Waals surface area contributed by atoms with E-state index in [1.54, 1.807) is 21.0 Å². The first kappa shape index (κ1) is 16.4. The average Bonchev–Trinajstić information content (AvgIpc) is 2.85. The molecule has 0 aromatic carbocycles. The number of hydroxylamine groups is 1. The SMILES string of the molecule is CONC1CCC[C@H]2COc3nc(C)c(F)c4nc(C)nc(c34)N2C1. The van der Waals surface area contributed by atoms with Gasteiger partial charge in [-0.3, -0.25) is 0 Å². The van der Waals surface area contributed by atoms with Crippen LogP contribution in [0.3, 0.4) is 0 Å². The molecule has 1 saturated heterocycles. The lowest BCUT2D eigenvalue weighted by molar-refractivity contribution is 0.0608. The molecule has 2 aliphatic heterocycles. The molecule has 4 heterocycles. The first-order chi connectivity index (χ1) is 12.1. The van der Waals surface area contributed by atoms with E-state index in [9.17, 15) is 4.39 Å². The first-order valence-corrected chi connectivity index (χ1v) is 8.61. The number of hydrogen-bond donors (Lipinski definition) is 1. The number of aromatic nitrogens is 3. The normalized spacial score (nSPS) is 23.0. The average molecular weight is 347 g/mol. The Labute approximate surface area is 145 Å². The molecule has 2 aromatic rings. The first-order valence-electron chi connectivity index (χ1n) is 8.61. The van der Waals surface area contributed by atoms with Gasteiger partial charge in [0.15, 0.2) is 5.82 Å². The second-order valence-corrected chi connectivity index (χ2v) is 6.70. The maximum absolute atomic E-state index is 14.7. The quantitative estimate of drug-likeness (QED) is 0.834. The molecule has 0 radical (unpaired) electrons. The summed E-state index contributed by atoms with van der Waals surface area (Å²) in [6.07, 6.45) is 3.03. The summed E-state index contributed by atoms with van der Waals surface area (Å²) in [7, 11) is 1.62. The summed E-state index contributed by atoms with van der Waals surface area (Å²) in [5.41, 5.74) is 3.63. The fourth-order valence-electron chi connectivity index (χ4n) is 3.76. The molecular weight excluding hydrogens is 325 g/mol. The maximum Gasteiger partial charge on any atom is 0.227 e. The third-order valence-electron chi connectivity index (χ3n) is 4.93. The molecule has 4 rings (SSSR count). The number of nitrogens with one attached hydrogen (secondary N) is 1. The number of anilines is 1. The van der Waals surface area contributed by atoms with E-state index in [0.29, 0.717) is 41.8 Å². The summed E-state index contributed by atoms with van der Waals surface area (Å²) < 4.78 is 20.6. The molecule has 0 aliphatic carbocycles. The molecule has 25 heavy (non-hydrogen) atoms. The van der Waals surface area contributed by atoms with Crippen LogP contribution in [0.25, 0.3) is 10.9 Å². The van der Waals surface area contributed by atoms with E-state index in [1.165, 1.54) is 0 Å². The Balaban J connectivity index is 1.91. The van der Waals surface area contributed by atoms with Crippen LogP contribution < -0.4 is 15.1 Å². The molecule has 2 aliphatic rings. The molecule has 0 saturated carbocycles. The smallest absolute Gasteiger partial charge is 0.227 e. The highest BCUT2D eigenvalue weighted by molar-refractivity contribution is 5.95. The van der Waals surface area contributed by atoms with E-state index in [0.717, 1.165) is 19.3 Å². The van der Waals surface area contributed by atoms with E-state index in [4.69, 9.17) is 9.57 Å². The Bertz CT molecular complexity index is 815. The van der Waals surface area contributed by atoms with E-state index < -0.39 is 5.82 Å². The van der Waals surface area contributed by atoms with E-state index >= 15 is 0 Å². The largest absolute Gasteiger partial charge is 0.475 e. The van der Waals surface area contributed by atoms with Gasteiger partial charge in [0.2, 0.25) is 5.88 Å². The molecule has 0 spiro atoms. The molecule has 8 heteroatoms. The highest BCUT2D eigenvalue weighted by Gasteiger charge is 2.34. The number of fused-ring (bicyclic) bond motifs is 2. The second-order valence-electron chi connectivity index (χ2n) is 6.70. The molecule has 0 bridgehead atoms. The lowest BCUT2D eigenvalue weighted by Crippen LogP contribution is -2.45. The van der Waals surface area contributed by atoms with Crippen LogP contribution in [0.5, 0.6) is 5.88 Å². The van der Waals surface area contributed by atoms with Gasteiger partial charge in [0.05, 0.1) is 18.8 Å². The zero-order valence-electron chi connectivity index (χ0n) is 14.7. The lowest BCUT2D eigenvalue weighted by atomic mass is 10.1. The molecule has 1 unspecified atom stereocenters. The van der Waals surface area contributed by atoms with Gasteiger partial charge in [-0.05, 0) is 33.1 Å². The van der Waals surface area contributed by atoms with Crippen LogP contribution >= 0.6 is 0 Å². The van der Waals surface area contributed by atoms with Crippen molar-refractivity contribution < 1.29 is 14.0 Å². The Morgan fingerprint density at radius 2 is 2.08 bits per heavy atom. The number of ether oxygens (including phenoxy) is 1. The van der Waals surface area contributed by atoms with Crippen LogP contribution in [0.4, 0.5) is 10.2 Å². The Hall–Kier alpha value is -2.06. The number of pyridine rings is 1. The molecular formula is C17H22FN5O2. The van der Waals surface area contributed by atoms with Crippen LogP contribution in [0.15, 0.2) is 0 Å². The summed E-state index contributed by atoms with van der Waals surface area (Å²) >= 11 is 0. The van der Waals surface area contributed by atoms with Crippen molar-refractivity contribution in [3.63, 3.8) is 0 Å². The molecule has 0 amide bonds. The maximum atomic E-state index is 14.7. The molecule has 1 fully saturated rings. The van der Waals surface area contributed by atoms with Gasteiger partial charge in [-0.25, -0.2) is 19.3 Å². The topological polar surface area (TPSA) is 72.4 Å². The molecule has 134 valence electrons. The Kier molecular flexibility index (Phi) is 4.16. The van der Waals surface area contributed by atoms with E-state index in [2.05, 4.69) is 25.3 Å². The van der Waals surface area contributed by atoms with Crippen molar-refractivity contribution in [3.05, 3.63) is 17.3 Å². The molecule has 2 aromatic heterocycles. The predicted octanol–water partition coefficient (Wildman–Crippen LogP) is 2.05. The van der Waals surface area contributed by atoms with Gasteiger partial charge in [-0.2, -0.15) is 5.48 Å². The van der Waals surface area contributed by atoms with Gasteiger partial charge in [0.25, 0.3) is 0 Å². The van der Waals surface area contributed by atoms with Gasteiger partial charge in [0, 0.05) is 12.6 Å². The summed E-state index contributed by atoms with van der Waals surface area (Å²) in [6.45, 7) is 4.63. The van der Waals surface area contributed by atoms with E-state index in [-0.39, 0.29) is 17.6 Å². The van der Waals surface area contributed by atoms with Crippen LogP contribution in [0, 0.1) is 19.7 Å². The van der Waals surface area contributed by atoms with Crippen molar-refractivity contribution in [3.8, 4) is 5.88 Å². The fraction of sp³-hybridized carbons (Fsp3) is 0.588. The summed E-state index contributed by atoms with van der Waals surface area (Å²) in [4.78, 5) is 20.6. The number of aryl methyl sites for hydroxylation is 2. The lowest BCUT2D eigenvalue weighted by Gasteiger charge is -2.31. The minimum atomic E-state index is -0.408. The third kappa shape index (κ3) is 2.79. The van der Waals surface area contributed by atoms with Gasteiger partial charge in [0.1, 0.15) is 29.2 Å². The highest BCUT2D eigenvalue weighted by Crippen LogP contribution is 2.38. The highest BCUT2D eigenvalue weighted by atomic mass is 19.1. The monoisotopic (exact) mass is 347 g/mol. The molecule has 1 N–H and O–H groups in total. The number of nitrogens with zero attached hydrogens (tertiary/aromatic N) is 4. The van der Waals surface area contributed by atoms with Crippen molar-refractivity contribution in [2.24, 2.45) is 0 Å². The zero-order valence-corrected chi connectivity index (χ0v) is 14.7. The van der Waals surface area contributed by atoms with Crippen molar-refractivity contribution in [1.82, 2.24) is 20.4 Å². The minimum absolute atomic E-state index is 0.165. The van der Waals surface area contributed by atoms with E-state index in [1.807, 2.05) is 0 Å². The number of rotatable bonds is 2. The van der Waals surface area contributed by atoms with Gasteiger partial charge < -0.3 is 14.5 Å². The van der Waals surface area contributed by atoms with Crippen LogP contribution in [-0.2, 0) is 4.84 Å². The zero-order chi connectivity index (χ0) is 17.6. The Morgan fingerprint density at radius 1 is 1.24 bits per heavy atom. The number of halogens is 1. The standard InChI is InChI=1S/C17H22FN5O2/c1-9-14(18)15-13-16(21-10(2)20-15)23-7-11(22-24-3)5-4-6-12(23)8-25-17(13)19-9/h11-12,22H,4-8H2,1-3H3/t11?,12-/m0/s1. The van der Waals surface area contributed by atoms with Crippen molar-refractivity contribution in [2.45, 2.75) is 45.2 Å². The van der Waals surface area contributed by atoms with Crippen molar-refractivity contribution >= 4 is 16.7 Å². The Morgan fingerprint density at radius 3 is 2.88 bits per heavy atom. The van der Waals surface area contributed by atoms with Crippen LogP contribution in [0.2, 0.25) is 0 Å². The summed E-state index contributed by atoms with van der Waals surface area (Å²) in [5, 5.41) is 0.564. The minimum Gasteiger partial charge on any atom is -0.475 e. The fourth-order valence-corrected chi connectivity index (χ4v) is 3.76. The van der Waals surface area contributed by atoms with Gasteiger partial charge >= 0.3 is 0 Å². The van der Waals surface area contributed by atoms with Crippen molar-refractivity contribution in [1.29, 1.82) is 0 Å². The summed E-state index contributed by atoms with van der Waals surface area (Å²) in [6, 6.07) is 0.337. The van der Waals surface area contributed by atoms with Gasteiger partial charge in [-0.15, -0.1) is 0 Å². The molecule has 2 atom stereocenters. The van der Waals surface area contributed by atoms with Gasteiger partial charge in [-0.1, -0.05) is 0 Å². The van der Waals surface area contributed by atoms with Crippen LogP contribution in [0.1, 0.15) is 30.8 Å². The third-order valence-corrected chi connectivity index (χ3v) is 4.93.